The maximum absolute atomic E-state index is 12.6. The van der Waals surface area contributed by atoms with Crippen LogP contribution in [0, 0.1) is 27.2 Å². The second-order valence-corrected chi connectivity index (χ2v) is 8.22. The number of hydrogen-bond acceptors (Lipinski definition) is 8. The largest absolute Gasteiger partial charge is 0.350 e. The van der Waals surface area contributed by atoms with E-state index in [-0.39, 0.29) is 40.0 Å². The fourth-order valence-electron chi connectivity index (χ4n) is 2.93. The third kappa shape index (κ3) is 5.35. The lowest BCUT2D eigenvalue weighted by Gasteiger charge is -2.13. The highest BCUT2D eigenvalue weighted by molar-refractivity contribution is 8.18. The summed E-state index contributed by atoms with van der Waals surface area (Å²) < 4.78 is 0. The van der Waals surface area contributed by atoms with Crippen molar-refractivity contribution >= 4 is 57.9 Å². The van der Waals surface area contributed by atoms with Crippen molar-refractivity contribution in [2.24, 2.45) is 0 Å². The minimum Gasteiger partial charge on any atom is -0.350 e. The van der Waals surface area contributed by atoms with Gasteiger partial charge >= 0.3 is 0 Å². The van der Waals surface area contributed by atoms with Gasteiger partial charge in [0.15, 0.2) is 0 Å². The Bertz CT molecular complexity index is 1230. The van der Waals surface area contributed by atoms with Gasteiger partial charge in [-0.15, -0.1) is 0 Å². The van der Waals surface area contributed by atoms with E-state index in [1.807, 2.05) is 0 Å². The molecule has 11 nitrogen and oxygen atoms in total. The van der Waals surface area contributed by atoms with E-state index in [9.17, 15) is 34.6 Å². The molecule has 0 unspecified atom stereocenters. The van der Waals surface area contributed by atoms with Crippen molar-refractivity contribution in [3.05, 3.63) is 83.2 Å². The number of imide groups is 1. The second-order valence-electron chi connectivity index (χ2n) is 6.82. The summed E-state index contributed by atoms with van der Waals surface area (Å²) in [5.74, 6) is -1.20. The van der Waals surface area contributed by atoms with Gasteiger partial charge in [0, 0.05) is 36.3 Å². The highest BCUT2D eigenvalue weighted by atomic mass is 35.5. The molecule has 1 fully saturated rings. The van der Waals surface area contributed by atoms with Gasteiger partial charge in [-0.1, -0.05) is 23.7 Å². The monoisotopic (exact) mass is 490 g/mol. The molecular weight excluding hydrogens is 476 g/mol. The highest BCUT2D eigenvalue weighted by Crippen LogP contribution is 2.33. The van der Waals surface area contributed by atoms with Crippen LogP contribution in [0.5, 0.6) is 0 Å². The van der Waals surface area contributed by atoms with Crippen LogP contribution < -0.4 is 5.32 Å². The van der Waals surface area contributed by atoms with Crippen molar-refractivity contribution in [3.63, 3.8) is 0 Å². The molecule has 170 valence electrons. The molecule has 0 aliphatic carbocycles. The molecule has 1 saturated heterocycles. The average molecular weight is 491 g/mol. The second kappa shape index (κ2) is 9.79. The van der Waals surface area contributed by atoms with E-state index in [0.29, 0.717) is 22.9 Å². The fraction of sp³-hybridized carbons (Fsp3) is 0.150. The maximum atomic E-state index is 12.6. The smallest absolute Gasteiger partial charge is 0.293 e. The Hall–Kier alpha value is -3.77. The molecule has 1 heterocycles. The highest BCUT2D eigenvalue weighted by Gasteiger charge is 2.34. The van der Waals surface area contributed by atoms with Crippen LogP contribution in [0.4, 0.5) is 16.2 Å². The van der Waals surface area contributed by atoms with E-state index < -0.39 is 26.9 Å². The molecule has 0 aromatic heterocycles. The standard InChI is InChI=1S/C20H15ClN4O7S/c1-11-2-4-13(10-15(11)24(29)30)18(26)22-6-7-23-19(27)17(33-20(23)28)9-12-3-5-14(21)16(8-12)25(31)32/h2-5,8-10H,6-7H2,1H3,(H,22,26)/b17-9-. The van der Waals surface area contributed by atoms with Gasteiger partial charge in [0.1, 0.15) is 5.02 Å². The molecular formula is C20H15ClN4O7S. The Morgan fingerprint density at radius 2 is 1.82 bits per heavy atom. The Morgan fingerprint density at radius 1 is 1.12 bits per heavy atom. The molecule has 0 atom stereocenters. The lowest BCUT2D eigenvalue weighted by molar-refractivity contribution is -0.385. The number of carbonyl (C=O) groups is 3. The summed E-state index contributed by atoms with van der Waals surface area (Å²) in [5, 5.41) is 24.0. The summed E-state index contributed by atoms with van der Waals surface area (Å²) in [7, 11) is 0. The molecule has 13 heteroatoms. The fourth-order valence-corrected chi connectivity index (χ4v) is 3.99. The first-order chi connectivity index (χ1) is 15.6. The molecule has 2 aromatic rings. The number of nitrogens with zero attached hydrogens (tertiary/aromatic N) is 3. The number of halogens is 1. The normalized spacial score (nSPS) is 14.6. The minimum atomic E-state index is -0.656. The number of carbonyl (C=O) groups excluding carboxylic acids is 3. The quantitative estimate of drug-likeness (QED) is 0.348. The van der Waals surface area contributed by atoms with E-state index in [4.69, 9.17) is 11.6 Å². The van der Waals surface area contributed by atoms with Crippen LogP contribution in [-0.4, -0.2) is 44.9 Å². The third-order valence-corrected chi connectivity index (χ3v) is 5.85. The van der Waals surface area contributed by atoms with E-state index in [1.54, 1.807) is 6.92 Å². The number of rotatable bonds is 7. The Balaban J connectivity index is 1.65. The molecule has 0 saturated carbocycles. The number of benzene rings is 2. The molecule has 0 bridgehead atoms. The van der Waals surface area contributed by atoms with E-state index in [0.717, 1.165) is 11.0 Å². The van der Waals surface area contributed by atoms with Crippen molar-refractivity contribution in [2.45, 2.75) is 6.92 Å². The van der Waals surface area contributed by atoms with E-state index >= 15 is 0 Å². The molecule has 0 radical (unpaired) electrons. The summed E-state index contributed by atoms with van der Waals surface area (Å²) in [6.07, 6.45) is 1.35. The van der Waals surface area contributed by atoms with Crippen molar-refractivity contribution in [1.82, 2.24) is 10.2 Å². The van der Waals surface area contributed by atoms with Gasteiger partial charge in [-0.05, 0) is 42.5 Å². The predicted molar refractivity (Wildman–Crippen MR) is 121 cm³/mol. The van der Waals surface area contributed by atoms with Gasteiger partial charge in [-0.25, -0.2) is 0 Å². The first-order valence-corrected chi connectivity index (χ1v) is 10.5. The summed E-state index contributed by atoms with van der Waals surface area (Å²) >= 11 is 6.44. The zero-order valence-electron chi connectivity index (χ0n) is 16.9. The topological polar surface area (TPSA) is 153 Å². The van der Waals surface area contributed by atoms with Crippen LogP contribution in [0.3, 0.4) is 0 Å². The van der Waals surface area contributed by atoms with E-state index in [1.165, 1.54) is 36.4 Å². The number of hydrogen-bond donors (Lipinski definition) is 1. The van der Waals surface area contributed by atoms with Crippen molar-refractivity contribution in [1.29, 1.82) is 0 Å². The summed E-state index contributed by atoms with van der Waals surface area (Å²) in [5.41, 5.74) is 0.286. The van der Waals surface area contributed by atoms with Crippen LogP contribution >= 0.6 is 23.4 Å². The van der Waals surface area contributed by atoms with Crippen LogP contribution in [0.1, 0.15) is 21.5 Å². The first-order valence-electron chi connectivity index (χ1n) is 9.31. The molecule has 3 rings (SSSR count). The molecule has 1 N–H and O–H groups in total. The number of nitro groups is 2. The number of nitro benzene ring substituents is 2. The van der Waals surface area contributed by atoms with Gasteiger partial charge in [0.2, 0.25) is 0 Å². The van der Waals surface area contributed by atoms with Gasteiger partial charge in [-0.2, -0.15) is 0 Å². The molecule has 2 aromatic carbocycles. The molecule has 1 aliphatic heterocycles. The van der Waals surface area contributed by atoms with Crippen LogP contribution in [0.15, 0.2) is 41.3 Å². The van der Waals surface area contributed by atoms with Gasteiger partial charge in [0.25, 0.3) is 28.4 Å². The molecule has 1 aliphatic rings. The Labute approximate surface area is 195 Å². The van der Waals surface area contributed by atoms with Crippen LogP contribution in [0.2, 0.25) is 5.02 Å². The van der Waals surface area contributed by atoms with Crippen molar-refractivity contribution in [3.8, 4) is 0 Å². The van der Waals surface area contributed by atoms with Crippen LogP contribution in [-0.2, 0) is 4.79 Å². The third-order valence-electron chi connectivity index (χ3n) is 4.63. The van der Waals surface area contributed by atoms with Crippen LogP contribution in [0.25, 0.3) is 6.08 Å². The molecule has 0 spiro atoms. The lowest BCUT2D eigenvalue weighted by Crippen LogP contribution is -2.37. The average Bonchev–Trinajstić information content (AvgIpc) is 3.02. The lowest BCUT2D eigenvalue weighted by atomic mass is 10.1. The first kappa shape index (κ1) is 23.9. The number of amides is 3. The Kier molecular flexibility index (Phi) is 7.09. The van der Waals surface area contributed by atoms with E-state index in [2.05, 4.69) is 5.32 Å². The number of aryl methyl sites for hydroxylation is 1. The van der Waals surface area contributed by atoms with Gasteiger partial charge < -0.3 is 5.32 Å². The zero-order chi connectivity index (χ0) is 24.3. The van der Waals surface area contributed by atoms with Crippen molar-refractivity contribution in [2.75, 3.05) is 13.1 Å². The maximum Gasteiger partial charge on any atom is 0.293 e. The number of thioether (sulfide) groups is 1. The molecule has 33 heavy (non-hydrogen) atoms. The summed E-state index contributed by atoms with van der Waals surface area (Å²) in [6, 6.07) is 8.03. The molecule has 3 amide bonds. The predicted octanol–water partition coefficient (Wildman–Crippen LogP) is 3.93. The zero-order valence-corrected chi connectivity index (χ0v) is 18.5. The van der Waals surface area contributed by atoms with Crippen molar-refractivity contribution < 1.29 is 24.2 Å². The SMILES string of the molecule is Cc1ccc(C(=O)NCCN2C(=O)S/C(=C\c3ccc(Cl)c([N+](=O)[O-])c3)C2=O)cc1[N+](=O)[O-]. The summed E-state index contributed by atoms with van der Waals surface area (Å²) in [4.78, 5) is 58.9. The minimum absolute atomic E-state index is 0.0556. The Morgan fingerprint density at radius 3 is 2.48 bits per heavy atom. The van der Waals surface area contributed by atoms with Gasteiger partial charge in [0.05, 0.1) is 14.8 Å². The van der Waals surface area contributed by atoms with Gasteiger partial charge in [-0.3, -0.25) is 39.5 Å². The summed E-state index contributed by atoms with van der Waals surface area (Å²) in [6.45, 7) is 1.36. The number of nitrogens with one attached hydrogen (secondary N) is 1.